The van der Waals surface area contributed by atoms with Gasteiger partial charge >= 0.3 is 5.97 Å². The maximum absolute atomic E-state index is 11.7. The number of carbonyl (C=O) groups excluding carboxylic acids is 1. The molecule has 0 saturated heterocycles. The topological polar surface area (TPSA) is 26.3 Å². The second-order valence-corrected chi connectivity index (χ2v) is 8.68. The Morgan fingerprint density at radius 1 is 0.567 bits per heavy atom. The molecule has 0 bridgehead atoms. The number of carbonyl (C=O) groups is 1. The molecule has 0 amide bonds. The molecule has 30 heavy (non-hydrogen) atoms. The minimum Gasteiger partial charge on any atom is -0.466 e. The van der Waals surface area contributed by atoms with Crippen molar-refractivity contribution in [3.63, 3.8) is 0 Å². The molecule has 0 aromatic carbocycles. The number of unbranched alkanes of at least 4 members (excludes halogenated alkanes) is 15. The lowest BCUT2D eigenvalue weighted by atomic mass is 10.1. The highest BCUT2D eigenvalue weighted by atomic mass is 16.5. The van der Waals surface area contributed by atoms with Crippen LogP contribution >= 0.6 is 0 Å². The van der Waals surface area contributed by atoms with E-state index in [1.165, 1.54) is 103 Å². The van der Waals surface area contributed by atoms with Gasteiger partial charge in [0.05, 0.1) is 6.61 Å². The van der Waals surface area contributed by atoms with Gasteiger partial charge in [-0.3, -0.25) is 4.79 Å². The summed E-state index contributed by atoms with van der Waals surface area (Å²) in [5.41, 5.74) is 0. The van der Waals surface area contributed by atoms with E-state index in [-0.39, 0.29) is 5.97 Å². The highest BCUT2D eigenvalue weighted by Gasteiger charge is 2.02. The number of rotatable bonds is 23. The zero-order chi connectivity index (χ0) is 22.0. The van der Waals surface area contributed by atoms with Crippen molar-refractivity contribution in [3.05, 3.63) is 24.3 Å². The first-order valence-electron chi connectivity index (χ1n) is 13.3. The second kappa shape index (κ2) is 26.0. The maximum atomic E-state index is 11.7. The molecule has 0 radical (unpaired) electrons. The molecule has 0 unspecified atom stereocenters. The van der Waals surface area contributed by atoms with Crippen LogP contribution in [-0.4, -0.2) is 12.6 Å². The summed E-state index contributed by atoms with van der Waals surface area (Å²) in [5, 5.41) is 0. The Bertz CT molecular complexity index is 397. The molecular weight excluding hydrogens is 368 g/mol. The van der Waals surface area contributed by atoms with Crippen LogP contribution in [0.3, 0.4) is 0 Å². The van der Waals surface area contributed by atoms with Crippen molar-refractivity contribution in [2.45, 2.75) is 142 Å². The van der Waals surface area contributed by atoms with Crippen LogP contribution in [0.25, 0.3) is 0 Å². The summed E-state index contributed by atoms with van der Waals surface area (Å²) in [5.74, 6) is 0.00569. The van der Waals surface area contributed by atoms with Crippen molar-refractivity contribution in [2.75, 3.05) is 6.61 Å². The first-order chi connectivity index (χ1) is 14.8. The average Bonchev–Trinajstić information content (AvgIpc) is 2.75. The Balaban J connectivity index is 3.23. The van der Waals surface area contributed by atoms with Crippen LogP contribution in [0.4, 0.5) is 0 Å². The molecule has 0 N–H and O–H groups in total. The lowest BCUT2D eigenvalue weighted by molar-refractivity contribution is -0.143. The molecular formula is C28H52O2. The summed E-state index contributed by atoms with van der Waals surface area (Å²) < 4.78 is 5.35. The van der Waals surface area contributed by atoms with Gasteiger partial charge in [-0.1, -0.05) is 115 Å². The Hall–Kier alpha value is -1.05. The van der Waals surface area contributed by atoms with Crippen molar-refractivity contribution in [1.82, 2.24) is 0 Å². The molecule has 0 spiro atoms. The van der Waals surface area contributed by atoms with E-state index in [1.54, 1.807) is 0 Å². The van der Waals surface area contributed by atoms with Crippen molar-refractivity contribution >= 4 is 5.97 Å². The fourth-order valence-electron chi connectivity index (χ4n) is 3.57. The molecule has 0 aromatic rings. The SMILES string of the molecule is CCCCC/C=C\C/C=C\CCCCCCCCOC(=O)CCCCCCCCC. The van der Waals surface area contributed by atoms with E-state index in [9.17, 15) is 4.79 Å². The quantitative estimate of drug-likeness (QED) is 0.0934. The fraction of sp³-hybridized carbons (Fsp3) is 0.821. The van der Waals surface area contributed by atoms with Crippen LogP contribution in [0.1, 0.15) is 142 Å². The van der Waals surface area contributed by atoms with Gasteiger partial charge in [0.15, 0.2) is 0 Å². The molecule has 0 aliphatic rings. The third kappa shape index (κ3) is 25.0. The van der Waals surface area contributed by atoms with E-state index in [2.05, 4.69) is 38.2 Å². The van der Waals surface area contributed by atoms with Gasteiger partial charge in [0.25, 0.3) is 0 Å². The minimum absolute atomic E-state index is 0.00569. The Morgan fingerprint density at radius 2 is 1.03 bits per heavy atom. The molecule has 2 heteroatoms. The standard InChI is InChI=1S/C28H52O2/c1-3-5-7-9-11-12-13-14-15-16-17-18-19-21-23-25-27-30-28(29)26-24-22-20-10-8-6-4-2/h11-12,14-15H,3-10,13,16-27H2,1-2H3/b12-11-,15-14-. The lowest BCUT2D eigenvalue weighted by Gasteiger charge is -2.05. The monoisotopic (exact) mass is 420 g/mol. The number of esters is 1. The van der Waals surface area contributed by atoms with E-state index >= 15 is 0 Å². The second-order valence-electron chi connectivity index (χ2n) is 8.68. The molecule has 176 valence electrons. The van der Waals surface area contributed by atoms with Gasteiger partial charge in [0.2, 0.25) is 0 Å². The predicted octanol–water partition coefficient (Wildman–Crippen LogP) is 9.48. The summed E-state index contributed by atoms with van der Waals surface area (Å²) in [6, 6.07) is 0. The predicted molar refractivity (Wildman–Crippen MR) is 133 cm³/mol. The highest BCUT2D eigenvalue weighted by molar-refractivity contribution is 5.69. The lowest BCUT2D eigenvalue weighted by Crippen LogP contribution is -2.05. The Kier molecular flexibility index (Phi) is 25.1. The summed E-state index contributed by atoms with van der Waals surface area (Å²) >= 11 is 0. The zero-order valence-electron chi connectivity index (χ0n) is 20.5. The Morgan fingerprint density at radius 3 is 1.67 bits per heavy atom. The van der Waals surface area contributed by atoms with Crippen molar-refractivity contribution < 1.29 is 9.53 Å². The van der Waals surface area contributed by atoms with Crippen molar-refractivity contribution in [3.8, 4) is 0 Å². The summed E-state index contributed by atoms with van der Waals surface area (Å²) in [6.07, 6.45) is 33.5. The van der Waals surface area contributed by atoms with Crippen LogP contribution in [-0.2, 0) is 9.53 Å². The number of allylic oxidation sites excluding steroid dienone is 4. The minimum atomic E-state index is 0.00569. The van der Waals surface area contributed by atoms with Crippen molar-refractivity contribution in [2.24, 2.45) is 0 Å². The molecule has 0 rings (SSSR count). The Labute approximate surface area is 188 Å². The normalized spacial score (nSPS) is 11.7. The van der Waals surface area contributed by atoms with Crippen molar-refractivity contribution in [1.29, 1.82) is 0 Å². The first-order valence-corrected chi connectivity index (χ1v) is 13.3. The third-order valence-electron chi connectivity index (χ3n) is 5.59. The highest BCUT2D eigenvalue weighted by Crippen LogP contribution is 2.10. The molecule has 0 heterocycles. The molecule has 0 saturated carbocycles. The van der Waals surface area contributed by atoms with Crippen LogP contribution in [0.5, 0.6) is 0 Å². The van der Waals surface area contributed by atoms with Gasteiger partial charge in [-0.15, -0.1) is 0 Å². The molecule has 0 aliphatic heterocycles. The third-order valence-corrected chi connectivity index (χ3v) is 5.59. The molecule has 0 atom stereocenters. The fourth-order valence-corrected chi connectivity index (χ4v) is 3.57. The number of hydrogen-bond donors (Lipinski definition) is 0. The van der Waals surface area contributed by atoms with Crippen LogP contribution < -0.4 is 0 Å². The van der Waals surface area contributed by atoms with Crippen LogP contribution in [0, 0.1) is 0 Å². The summed E-state index contributed by atoms with van der Waals surface area (Å²) in [7, 11) is 0. The zero-order valence-corrected chi connectivity index (χ0v) is 20.5. The first kappa shape index (κ1) is 28.9. The van der Waals surface area contributed by atoms with Gasteiger partial charge in [-0.25, -0.2) is 0 Å². The molecule has 0 aromatic heterocycles. The van der Waals surface area contributed by atoms with E-state index in [0.29, 0.717) is 13.0 Å². The van der Waals surface area contributed by atoms with Gasteiger partial charge in [0, 0.05) is 6.42 Å². The largest absolute Gasteiger partial charge is 0.466 e. The van der Waals surface area contributed by atoms with Crippen LogP contribution in [0.2, 0.25) is 0 Å². The van der Waals surface area contributed by atoms with Gasteiger partial charge in [-0.2, -0.15) is 0 Å². The van der Waals surface area contributed by atoms with E-state index in [0.717, 1.165) is 19.3 Å². The maximum Gasteiger partial charge on any atom is 0.305 e. The molecule has 0 fully saturated rings. The number of ether oxygens (including phenoxy) is 1. The molecule has 0 aliphatic carbocycles. The average molecular weight is 421 g/mol. The van der Waals surface area contributed by atoms with Crippen LogP contribution in [0.15, 0.2) is 24.3 Å². The van der Waals surface area contributed by atoms with E-state index in [4.69, 9.17) is 4.74 Å². The van der Waals surface area contributed by atoms with E-state index < -0.39 is 0 Å². The van der Waals surface area contributed by atoms with Gasteiger partial charge < -0.3 is 4.74 Å². The molecule has 2 nitrogen and oxygen atoms in total. The summed E-state index contributed by atoms with van der Waals surface area (Å²) in [4.78, 5) is 11.7. The van der Waals surface area contributed by atoms with E-state index in [1.807, 2.05) is 0 Å². The summed E-state index contributed by atoms with van der Waals surface area (Å²) in [6.45, 7) is 5.11. The van der Waals surface area contributed by atoms with Gasteiger partial charge in [0.1, 0.15) is 0 Å². The van der Waals surface area contributed by atoms with Gasteiger partial charge in [-0.05, 0) is 44.9 Å². The number of hydrogen-bond acceptors (Lipinski definition) is 2. The smallest absolute Gasteiger partial charge is 0.305 e.